The van der Waals surface area contributed by atoms with Crippen molar-refractivity contribution < 1.29 is 9.53 Å². The highest BCUT2D eigenvalue weighted by molar-refractivity contribution is 5.98. The number of hydrogen-bond donors (Lipinski definition) is 2. The number of aromatic nitrogens is 2. The number of rotatable bonds is 2. The maximum Gasteiger partial charge on any atom is 0.277 e. The number of carbonyl (C=O) groups excluding carboxylic acids is 1. The molecule has 1 amide bonds. The number of nitrogens with two attached hydrogens (primary N) is 1. The van der Waals surface area contributed by atoms with E-state index in [0.29, 0.717) is 31.1 Å². The SMILES string of the molecule is CC(C)c1[nH]nc(C(=O)N2CCOCC2(C)C)c1N. The molecule has 1 aliphatic heterocycles. The largest absolute Gasteiger partial charge is 0.395 e. The van der Waals surface area contributed by atoms with Gasteiger partial charge in [-0.15, -0.1) is 0 Å². The fourth-order valence-corrected chi connectivity index (χ4v) is 2.33. The van der Waals surface area contributed by atoms with Gasteiger partial charge in [0.25, 0.3) is 5.91 Å². The molecule has 3 N–H and O–H groups in total. The van der Waals surface area contributed by atoms with Crippen LogP contribution in [0.3, 0.4) is 0 Å². The van der Waals surface area contributed by atoms with Crippen LogP contribution in [-0.4, -0.2) is 46.3 Å². The van der Waals surface area contributed by atoms with E-state index in [0.717, 1.165) is 5.69 Å². The summed E-state index contributed by atoms with van der Waals surface area (Å²) in [6.45, 7) is 9.63. The fourth-order valence-electron chi connectivity index (χ4n) is 2.33. The third-order valence-electron chi connectivity index (χ3n) is 3.50. The molecule has 19 heavy (non-hydrogen) atoms. The zero-order chi connectivity index (χ0) is 14.2. The Balaban J connectivity index is 2.29. The van der Waals surface area contributed by atoms with E-state index in [-0.39, 0.29) is 17.4 Å². The molecule has 0 radical (unpaired) electrons. The molecule has 6 nitrogen and oxygen atoms in total. The Hall–Kier alpha value is -1.56. The lowest BCUT2D eigenvalue weighted by Crippen LogP contribution is -2.55. The van der Waals surface area contributed by atoms with E-state index < -0.39 is 0 Å². The van der Waals surface area contributed by atoms with Gasteiger partial charge in [0.1, 0.15) is 0 Å². The number of morpholine rings is 1. The van der Waals surface area contributed by atoms with Gasteiger partial charge in [-0.2, -0.15) is 5.10 Å². The fraction of sp³-hybridized carbons (Fsp3) is 0.692. The van der Waals surface area contributed by atoms with Crippen LogP contribution in [0.2, 0.25) is 0 Å². The molecule has 1 fully saturated rings. The number of nitrogen functional groups attached to an aromatic ring is 1. The van der Waals surface area contributed by atoms with Gasteiger partial charge < -0.3 is 15.4 Å². The average Bonchev–Trinajstić information content (AvgIpc) is 2.70. The standard InChI is InChI=1S/C13H22N4O2/c1-8(2)10-9(14)11(16-15-10)12(18)17-5-6-19-7-13(17,3)4/h8H,5-7,14H2,1-4H3,(H,15,16). The first-order valence-electron chi connectivity index (χ1n) is 6.58. The second-order valence-corrected chi connectivity index (χ2v) is 5.88. The van der Waals surface area contributed by atoms with Crippen LogP contribution in [0.25, 0.3) is 0 Å². The van der Waals surface area contributed by atoms with Crippen LogP contribution in [-0.2, 0) is 4.74 Å². The van der Waals surface area contributed by atoms with Crippen LogP contribution < -0.4 is 5.73 Å². The van der Waals surface area contributed by atoms with E-state index in [4.69, 9.17) is 10.5 Å². The number of hydrogen-bond acceptors (Lipinski definition) is 4. The van der Waals surface area contributed by atoms with Gasteiger partial charge in [0.2, 0.25) is 0 Å². The molecule has 1 aliphatic rings. The molecule has 2 rings (SSSR count). The molecule has 1 saturated heterocycles. The topological polar surface area (TPSA) is 84.2 Å². The van der Waals surface area contributed by atoms with Crippen molar-refractivity contribution in [1.82, 2.24) is 15.1 Å². The first kappa shape index (κ1) is 13.9. The van der Waals surface area contributed by atoms with Gasteiger partial charge >= 0.3 is 0 Å². The van der Waals surface area contributed by atoms with Crippen LogP contribution in [0, 0.1) is 0 Å². The molecule has 1 aromatic heterocycles. The molecular weight excluding hydrogens is 244 g/mol. The van der Waals surface area contributed by atoms with Gasteiger partial charge in [-0.1, -0.05) is 13.8 Å². The number of carbonyl (C=O) groups is 1. The van der Waals surface area contributed by atoms with E-state index in [1.54, 1.807) is 4.90 Å². The summed E-state index contributed by atoms with van der Waals surface area (Å²) >= 11 is 0. The van der Waals surface area contributed by atoms with Crippen molar-refractivity contribution in [2.45, 2.75) is 39.2 Å². The Morgan fingerprint density at radius 3 is 2.74 bits per heavy atom. The van der Waals surface area contributed by atoms with Crippen LogP contribution in [0.5, 0.6) is 0 Å². The number of aromatic amines is 1. The lowest BCUT2D eigenvalue weighted by atomic mass is 10.0. The van der Waals surface area contributed by atoms with Gasteiger partial charge in [-0.25, -0.2) is 0 Å². The van der Waals surface area contributed by atoms with Gasteiger partial charge in [0, 0.05) is 6.54 Å². The molecule has 6 heteroatoms. The summed E-state index contributed by atoms with van der Waals surface area (Å²) < 4.78 is 5.42. The van der Waals surface area contributed by atoms with E-state index in [1.165, 1.54) is 0 Å². The van der Waals surface area contributed by atoms with Gasteiger partial charge in [-0.3, -0.25) is 9.89 Å². The number of nitrogens with zero attached hydrogens (tertiary/aromatic N) is 2. The van der Waals surface area contributed by atoms with Gasteiger partial charge in [0.05, 0.1) is 30.1 Å². The van der Waals surface area contributed by atoms with Crippen molar-refractivity contribution in [2.24, 2.45) is 0 Å². The lowest BCUT2D eigenvalue weighted by Gasteiger charge is -2.41. The second kappa shape index (κ2) is 4.85. The van der Waals surface area contributed by atoms with Crippen LogP contribution in [0.1, 0.15) is 49.8 Å². The highest BCUT2D eigenvalue weighted by atomic mass is 16.5. The van der Waals surface area contributed by atoms with Crippen molar-refractivity contribution in [1.29, 1.82) is 0 Å². The summed E-state index contributed by atoms with van der Waals surface area (Å²) in [4.78, 5) is 14.4. The smallest absolute Gasteiger partial charge is 0.277 e. The third-order valence-corrected chi connectivity index (χ3v) is 3.50. The Morgan fingerprint density at radius 2 is 2.21 bits per heavy atom. The molecule has 0 aromatic carbocycles. The Bertz CT molecular complexity index is 479. The summed E-state index contributed by atoms with van der Waals surface area (Å²) in [6.07, 6.45) is 0. The Labute approximate surface area is 113 Å². The average molecular weight is 266 g/mol. The summed E-state index contributed by atoms with van der Waals surface area (Å²) in [7, 11) is 0. The Kier molecular flexibility index (Phi) is 3.54. The molecule has 0 atom stereocenters. The van der Waals surface area contributed by atoms with Crippen LogP contribution >= 0.6 is 0 Å². The monoisotopic (exact) mass is 266 g/mol. The quantitative estimate of drug-likeness (QED) is 0.846. The highest BCUT2D eigenvalue weighted by Gasteiger charge is 2.36. The van der Waals surface area contributed by atoms with Crippen molar-refractivity contribution in [3.05, 3.63) is 11.4 Å². The molecule has 106 valence electrons. The molecule has 0 aliphatic carbocycles. The number of H-pyrrole nitrogens is 1. The van der Waals surface area contributed by atoms with Crippen molar-refractivity contribution in [3.63, 3.8) is 0 Å². The minimum Gasteiger partial charge on any atom is -0.395 e. The lowest BCUT2D eigenvalue weighted by molar-refractivity contribution is -0.0372. The van der Waals surface area contributed by atoms with Crippen LogP contribution in [0.4, 0.5) is 5.69 Å². The van der Waals surface area contributed by atoms with Crippen molar-refractivity contribution in [2.75, 3.05) is 25.5 Å². The maximum atomic E-state index is 12.6. The number of anilines is 1. The van der Waals surface area contributed by atoms with Crippen molar-refractivity contribution >= 4 is 11.6 Å². The molecule has 0 unspecified atom stereocenters. The van der Waals surface area contributed by atoms with Gasteiger partial charge in [-0.05, 0) is 19.8 Å². The van der Waals surface area contributed by atoms with Gasteiger partial charge in [0.15, 0.2) is 5.69 Å². The highest BCUT2D eigenvalue weighted by Crippen LogP contribution is 2.26. The zero-order valence-corrected chi connectivity index (χ0v) is 12.0. The predicted octanol–water partition coefficient (Wildman–Crippen LogP) is 1.37. The molecule has 0 spiro atoms. The number of nitrogens with one attached hydrogen (secondary N) is 1. The molecular formula is C13H22N4O2. The third kappa shape index (κ3) is 2.45. The minimum atomic E-state index is -0.335. The minimum absolute atomic E-state index is 0.131. The second-order valence-electron chi connectivity index (χ2n) is 5.88. The molecule has 0 bridgehead atoms. The van der Waals surface area contributed by atoms with Crippen LogP contribution in [0.15, 0.2) is 0 Å². The summed E-state index contributed by atoms with van der Waals surface area (Å²) in [6, 6.07) is 0. The first-order valence-corrected chi connectivity index (χ1v) is 6.58. The van der Waals surface area contributed by atoms with E-state index in [9.17, 15) is 4.79 Å². The number of amides is 1. The van der Waals surface area contributed by atoms with E-state index in [2.05, 4.69) is 10.2 Å². The molecule has 2 heterocycles. The summed E-state index contributed by atoms with van der Waals surface area (Å²) in [5.74, 6) is 0.0840. The maximum absolute atomic E-state index is 12.6. The normalized spacial score (nSPS) is 18.9. The van der Waals surface area contributed by atoms with E-state index >= 15 is 0 Å². The molecule has 0 saturated carbocycles. The summed E-state index contributed by atoms with van der Waals surface area (Å²) in [5, 5.41) is 6.96. The number of ether oxygens (including phenoxy) is 1. The zero-order valence-electron chi connectivity index (χ0n) is 12.0. The van der Waals surface area contributed by atoms with Crippen molar-refractivity contribution in [3.8, 4) is 0 Å². The summed E-state index contributed by atoms with van der Waals surface area (Å²) in [5.41, 5.74) is 7.29. The Morgan fingerprint density at radius 1 is 1.53 bits per heavy atom. The predicted molar refractivity (Wildman–Crippen MR) is 73.0 cm³/mol. The molecule has 1 aromatic rings. The van der Waals surface area contributed by atoms with E-state index in [1.807, 2.05) is 27.7 Å². The first-order chi connectivity index (χ1) is 8.84.